The van der Waals surface area contributed by atoms with Gasteiger partial charge in [-0.15, -0.1) is 0 Å². The Morgan fingerprint density at radius 3 is 2.68 bits per heavy atom. The molecule has 0 aliphatic carbocycles. The van der Waals surface area contributed by atoms with E-state index >= 15 is 0 Å². The van der Waals surface area contributed by atoms with Gasteiger partial charge in [-0.2, -0.15) is 0 Å². The Balaban J connectivity index is 1.57. The smallest absolute Gasteiger partial charge is 0.220 e. The number of benzene rings is 1. The second-order valence-electron chi connectivity index (χ2n) is 4.53. The highest BCUT2D eigenvalue weighted by Crippen LogP contribution is 2.16. The summed E-state index contributed by atoms with van der Waals surface area (Å²) < 4.78 is 10.7. The van der Waals surface area contributed by atoms with Crippen LogP contribution in [0.15, 0.2) is 24.3 Å². The first-order valence-corrected chi connectivity index (χ1v) is 6.55. The summed E-state index contributed by atoms with van der Waals surface area (Å²) in [5.41, 5.74) is 0. The Kier molecular flexibility index (Phi) is 5.03. The van der Waals surface area contributed by atoms with Crippen LogP contribution in [0, 0.1) is 0 Å². The summed E-state index contributed by atoms with van der Waals surface area (Å²) in [5.74, 6) is 1.81. The van der Waals surface area contributed by atoms with Crippen LogP contribution in [0.1, 0.15) is 12.8 Å². The summed E-state index contributed by atoms with van der Waals surface area (Å²) in [6.07, 6.45) is 1.57. The van der Waals surface area contributed by atoms with Crippen molar-refractivity contribution < 1.29 is 14.3 Å². The molecule has 2 N–H and O–H groups in total. The minimum absolute atomic E-state index is 0.154. The highest BCUT2D eigenvalue weighted by molar-refractivity contribution is 5.78. The number of hydrogen-bond acceptors (Lipinski definition) is 4. The molecule has 2 rings (SSSR count). The van der Waals surface area contributed by atoms with Gasteiger partial charge in [-0.05, 0) is 30.7 Å². The number of rotatable bonds is 7. The van der Waals surface area contributed by atoms with Gasteiger partial charge in [-0.3, -0.25) is 4.79 Å². The zero-order chi connectivity index (χ0) is 13.5. The molecule has 1 amide bonds. The molecule has 1 aliphatic rings. The molecule has 0 radical (unpaired) electrons. The molecule has 1 aromatic carbocycles. The molecule has 0 bridgehead atoms. The fraction of sp³-hybridized carbons (Fsp3) is 0.500. The summed E-state index contributed by atoms with van der Waals surface area (Å²) in [7, 11) is 1.64. The fourth-order valence-corrected chi connectivity index (χ4v) is 2.02. The van der Waals surface area contributed by atoms with Crippen LogP contribution in [-0.4, -0.2) is 38.8 Å². The van der Waals surface area contributed by atoms with Crippen LogP contribution in [0.4, 0.5) is 0 Å². The molecule has 1 heterocycles. The molecule has 1 fully saturated rings. The van der Waals surface area contributed by atoms with Crippen molar-refractivity contribution in [3.63, 3.8) is 0 Å². The number of methoxy groups -OCH3 is 1. The van der Waals surface area contributed by atoms with E-state index in [0.717, 1.165) is 31.0 Å². The van der Waals surface area contributed by atoms with E-state index in [1.54, 1.807) is 7.11 Å². The number of amides is 1. The lowest BCUT2D eigenvalue weighted by Gasteiger charge is -2.12. The Hall–Kier alpha value is -1.75. The second-order valence-corrected chi connectivity index (χ2v) is 4.53. The minimum Gasteiger partial charge on any atom is -0.497 e. The minimum atomic E-state index is 0.154. The largest absolute Gasteiger partial charge is 0.497 e. The number of hydrogen-bond donors (Lipinski definition) is 2. The third-order valence-electron chi connectivity index (χ3n) is 3.08. The number of carbonyl (C=O) groups excluding carboxylic acids is 1. The van der Waals surface area contributed by atoms with Crippen LogP contribution in [-0.2, 0) is 4.79 Å². The molecule has 1 unspecified atom stereocenters. The third-order valence-corrected chi connectivity index (χ3v) is 3.08. The molecular formula is C14H20N2O3. The lowest BCUT2D eigenvalue weighted by Crippen LogP contribution is -2.37. The normalized spacial score (nSPS) is 18.2. The van der Waals surface area contributed by atoms with E-state index in [2.05, 4.69) is 10.6 Å². The molecule has 1 aromatic rings. The number of nitrogens with one attached hydrogen (secondary N) is 2. The molecule has 104 valence electrons. The standard InChI is InChI=1S/C14H20N2O3/c1-18-12-3-5-13(6-4-12)19-9-8-15-10-11-2-7-14(17)16-11/h3-6,11,15H,2,7-10H2,1H3,(H,16,17). The van der Waals surface area contributed by atoms with E-state index < -0.39 is 0 Å². The molecule has 0 spiro atoms. The van der Waals surface area contributed by atoms with Gasteiger partial charge < -0.3 is 20.1 Å². The van der Waals surface area contributed by atoms with Crippen LogP contribution < -0.4 is 20.1 Å². The van der Waals surface area contributed by atoms with Gasteiger partial charge in [0.25, 0.3) is 0 Å². The van der Waals surface area contributed by atoms with Crippen LogP contribution in [0.3, 0.4) is 0 Å². The van der Waals surface area contributed by atoms with Crippen LogP contribution >= 0.6 is 0 Å². The second kappa shape index (κ2) is 6.99. The van der Waals surface area contributed by atoms with E-state index in [0.29, 0.717) is 13.0 Å². The first kappa shape index (κ1) is 13.7. The Morgan fingerprint density at radius 2 is 2.05 bits per heavy atom. The Labute approximate surface area is 113 Å². The van der Waals surface area contributed by atoms with Crippen molar-refractivity contribution in [2.24, 2.45) is 0 Å². The van der Waals surface area contributed by atoms with Crippen LogP contribution in [0.5, 0.6) is 11.5 Å². The molecule has 5 heteroatoms. The highest BCUT2D eigenvalue weighted by atomic mass is 16.5. The van der Waals surface area contributed by atoms with Gasteiger partial charge in [0, 0.05) is 25.6 Å². The molecular weight excluding hydrogens is 244 g/mol. The van der Waals surface area contributed by atoms with E-state index in [-0.39, 0.29) is 11.9 Å². The van der Waals surface area contributed by atoms with Gasteiger partial charge in [-0.1, -0.05) is 0 Å². The lowest BCUT2D eigenvalue weighted by atomic mass is 10.2. The summed E-state index contributed by atoms with van der Waals surface area (Å²) in [4.78, 5) is 11.0. The molecule has 1 saturated heterocycles. The monoisotopic (exact) mass is 264 g/mol. The van der Waals surface area contributed by atoms with Gasteiger partial charge in [0.15, 0.2) is 0 Å². The van der Waals surface area contributed by atoms with Crippen molar-refractivity contribution >= 4 is 5.91 Å². The van der Waals surface area contributed by atoms with Gasteiger partial charge in [0.05, 0.1) is 7.11 Å². The topological polar surface area (TPSA) is 59.6 Å². The fourth-order valence-electron chi connectivity index (χ4n) is 2.02. The van der Waals surface area contributed by atoms with Crippen molar-refractivity contribution in [3.8, 4) is 11.5 Å². The molecule has 1 atom stereocenters. The average Bonchev–Trinajstić information content (AvgIpc) is 2.85. The summed E-state index contributed by atoms with van der Waals surface area (Å²) in [5, 5.41) is 6.20. The first-order valence-electron chi connectivity index (χ1n) is 6.55. The molecule has 19 heavy (non-hydrogen) atoms. The van der Waals surface area contributed by atoms with Crippen molar-refractivity contribution in [1.29, 1.82) is 0 Å². The maximum atomic E-state index is 11.0. The zero-order valence-electron chi connectivity index (χ0n) is 11.1. The van der Waals surface area contributed by atoms with Crippen LogP contribution in [0.25, 0.3) is 0 Å². The van der Waals surface area contributed by atoms with E-state index in [1.165, 1.54) is 0 Å². The maximum absolute atomic E-state index is 11.0. The first-order chi connectivity index (χ1) is 9.28. The van der Waals surface area contributed by atoms with Crippen molar-refractivity contribution in [1.82, 2.24) is 10.6 Å². The molecule has 5 nitrogen and oxygen atoms in total. The summed E-state index contributed by atoms with van der Waals surface area (Å²) >= 11 is 0. The van der Waals surface area contributed by atoms with Crippen LogP contribution in [0.2, 0.25) is 0 Å². The Morgan fingerprint density at radius 1 is 1.32 bits per heavy atom. The zero-order valence-corrected chi connectivity index (χ0v) is 11.1. The maximum Gasteiger partial charge on any atom is 0.220 e. The quantitative estimate of drug-likeness (QED) is 0.720. The molecule has 0 saturated carbocycles. The van der Waals surface area contributed by atoms with Gasteiger partial charge in [0.1, 0.15) is 18.1 Å². The van der Waals surface area contributed by atoms with Crippen molar-refractivity contribution in [3.05, 3.63) is 24.3 Å². The number of carbonyl (C=O) groups is 1. The van der Waals surface area contributed by atoms with Gasteiger partial charge >= 0.3 is 0 Å². The lowest BCUT2D eigenvalue weighted by molar-refractivity contribution is -0.119. The summed E-state index contributed by atoms with van der Waals surface area (Å²) in [6, 6.07) is 7.79. The van der Waals surface area contributed by atoms with E-state index in [4.69, 9.17) is 9.47 Å². The van der Waals surface area contributed by atoms with Crippen molar-refractivity contribution in [2.75, 3.05) is 26.8 Å². The molecule has 0 aromatic heterocycles. The molecule has 1 aliphatic heterocycles. The summed E-state index contributed by atoms with van der Waals surface area (Å²) in [6.45, 7) is 2.17. The predicted octanol–water partition coefficient (Wildman–Crippen LogP) is 0.942. The van der Waals surface area contributed by atoms with Gasteiger partial charge in [0.2, 0.25) is 5.91 Å². The van der Waals surface area contributed by atoms with E-state index in [9.17, 15) is 4.79 Å². The van der Waals surface area contributed by atoms with Gasteiger partial charge in [-0.25, -0.2) is 0 Å². The van der Waals surface area contributed by atoms with Crippen molar-refractivity contribution in [2.45, 2.75) is 18.9 Å². The Bertz CT molecular complexity index is 406. The third kappa shape index (κ3) is 4.44. The average molecular weight is 264 g/mol. The predicted molar refractivity (Wildman–Crippen MR) is 72.5 cm³/mol. The number of ether oxygens (including phenoxy) is 2. The highest BCUT2D eigenvalue weighted by Gasteiger charge is 2.19. The SMILES string of the molecule is COc1ccc(OCCNCC2CCC(=O)N2)cc1. The van der Waals surface area contributed by atoms with E-state index in [1.807, 2.05) is 24.3 Å².